The van der Waals surface area contributed by atoms with Gasteiger partial charge in [-0.2, -0.15) is 0 Å². The van der Waals surface area contributed by atoms with E-state index in [1.165, 1.54) is 25.5 Å². The van der Waals surface area contributed by atoms with Gasteiger partial charge in [0, 0.05) is 31.8 Å². The van der Waals surface area contributed by atoms with Crippen molar-refractivity contribution >= 4 is 5.78 Å². The van der Waals surface area contributed by atoms with E-state index in [0.717, 1.165) is 36.0 Å². The van der Waals surface area contributed by atoms with Gasteiger partial charge in [-0.25, -0.2) is 0 Å². The van der Waals surface area contributed by atoms with Crippen LogP contribution in [0.1, 0.15) is 32.6 Å². The summed E-state index contributed by atoms with van der Waals surface area (Å²) in [5.41, 5.74) is 0.846. The number of hydrogen-bond donors (Lipinski definition) is 3. The maximum atomic E-state index is 11.4. The Balaban J connectivity index is 0.00000180. The molecule has 1 saturated heterocycles. The Hall–Kier alpha value is -0.170. The quantitative estimate of drug-likeness (QED) is 0.430. The molecule has 3 N–H and O–H groups in total. The molecular weight excluding hydrogens is 388 g/mol. The number of allylic oxidation sites excluding steroid dienone is 2. The fourth-order valence-electron chi connectivity index (χ4n) is 3.08. The third-order valence-corrected chi connectivity index (χ3v) is 4.28. The second kappa shape index (κ2) is 8.97. The standard InChI is InChI=1S/C14H22N2O2.2BrH/c1-3-12-14(18)13(17)7-10-16(12)9-6-11-5-4-8-15(11)2;;/h7,10-11,18H,3-6,8-9H2,1-2H3;2*1H. The molecule has 20 heavy (non-hydrogen) atoms. The molecular formula is C14H24Br2N2O2. The van der Waals surface area contributed by atoms with Crippen molar-refractivity contribution < 1.29 is 53.7 Å². The molecule has 3 unspecified atom stereocenters. The average molecular weight is 412 g/mol. The van der Waals surface area contributed by atoms with Gasteiger partial charge in [0.25, 0.3) is 0 Å². The highest BCUT2D eigenvalue weighted by molar-refractivity contribution is 6.02. The van der Waals surface area contributed by atoms with Gasteiger partial charge in [-0.1, -0.05) is 6.92 Å². The van der Waals surface area contributed by atoms with Gasteiger partial charge in [0.05, 0.1) is 26.2 Å². The van der Waals surface area contributed by atoms with Gasteiger partial charge >= 0.3 is 0 Å². The summed E-state index contributed by atoms with van der Waals surface area (Å²) < 4.78 is 0. The SMILES string of the molecule is CCC1=C(O)C(=O)C=C[NH+]1CCC1CCC[NH+]1C.[Br-].[Br-]. The highest BCUT2D eigenvalue weighted by Crippen LogP contribution is 2.06. The molecule has 0 aliphatic carbocycles. The first-order valence-electron chi connectivity index (χ1n) is 6.96. The van der Waals surface area contributed by atoms with Crippen molar-refractivity contribution in [3.05, 3.63) is 23.7 Å². The minimum atomic E-state index is -0.251. The number of nitrogens with one attached hydrogen (secondary N) is 2. The number of quaternary nitrogens is 2. The van der Waals surface area contributed by atoms with E-state index in [1.807, 2.05) is 13.1 Å². The van der Waals surface area contributed by atoms with E-state index in [9.17, 15) is 9.90 Å². The van der Waals surface area contributed by atoms with E-state index < -0.39 is 0 Å². The minimum absolute atomic E-state index is 0. The number of aliphatic hydroxyl groups excluding tert-OH is 1. The number of hydrogen-bond acceptors (Lipinski definition) is 2. The van der Waals surface area contributed by atoms with Crippen LogP contribution in [-0.2, 0) is 4.79 Å². The van der Waals surface area contributed by atoms with Crippen LogP contribution in [0.25, 0.3) is 0 Å². The van der Waals surface area contributed by atoms with Crippen molar-refractivity contribution in [3.8, 4) is 0 Å². The van der Waals surface area contributed by atoms with Crippen molar-refractivity contribution in [1.29, 1.82) is 0 Å². The predicted octanol–water partition coefficient (Wildman–Crippen LogP) is -6.78. The zero-order valence-corrected chi connectivity index (χ0v) is 15.3. The molecule has 0 spiro atoms. The van der Waals surface area contributed by atoms with Gasteiger partial charge in [0.1, 0.15) is 6.20 Å². The topological polar surface area (TPSA) is 46.2 Å². The van der Waals surface area contributed by atoms with Gasteiger partial charge in [-0.3, -0.25) is 9.69 Å². The lowest BCUT2D eigenvalue weighted by Gasteiger charge is -2.22. The van der Waals surface area contributed by atoms with Crippen LogP contribution in [0, 0.1) is 0 Å². The van der Waals surface area contributed by atoms with Crippen LogP contribution in [0.5, 0.6) is 0 Å². The van der Waals surface area contributed by atoms with Gasteiger partial charge in [0.2, 0.25) is 11.5 Å². The van der Waals surface area contributed by atoms with Crippen LogP contribution < -0.4 is 43.8 Å². The Morgan fingerprint density at radius 3 is 2.65 bits per heavy atom. The summed E-state index contributed by atoms with van der Waals surface area (Å²) in [6, 6.07) is 0.740. The molecule has 0 aromatic rings. The second-order valence-corrected chi connectivity index (χ2v) is 5.38. The van der Waals surface area contributed by atoms with Crippen molar-refractivity contribution in [1.82, 2.24) is 0 Å². The first kappa shape index (κ1) is 19.8. The fraction of sp³-hybridized carbons (Fsp3) is 0.643. The molecule has 1 fully saturated rings. The molecule has 3 atom stereocenters. The van der Waals surface area contributed by atoms with Crippen LogP contribution in [0.2, 0.25) is 0 Å². The summed E-state index contributed by atoms with van der Waals surface area (Å²) in [5.74, 6) is -0.290. The highest BCUT2D eigenvalue weighted by Gasteiger charge is 2.29. The Morgan fingerprint density at radius 1 is 1.40 bits per heavy atom. The first-order valence-corrected chi connectivity index (χ1v) is 6.96. The highest BCUT2D eigenvalue weighted by atomic mass is 79.9. The third-order valence-electron chi connectivity index (χ3n) is 4.28. The summed E-state index contributed by atoms with van der Waals surface area (Å²) in [5, 5.41) is 9.80. The zero-order valence-electron chi connectivity index (χ0n) is 12.1. The summed E-state index contributed by atoms with van der Waals surface area (Å²) >= 11 is 0. The van der Waals surface area contributed by atoms with Crippen molar-refractivity contribution in [2.75, 3.05) is 20.1 Å². The Kier molecular flexibility index (Phi) is 8.90. The van der Waals surface area contributed by atoms with E-state index in [0.29, 0.717) is 0 Å². The van der Waals surface area contributed by atoms with Crippen LogP contribution in [0.3, 0.4) is 0 Å². The van der Waals surface area contributed by atoms with Gasteiger partial charge in [0.15, 0.2) is 5.70 Å². The molecule has 116 valence electrons. The molecule has 0 bridgehead atoms. The van der Waals surface area contributed by atoms with Gasteiger partial charge < -0.3 is 44.0 Å². The molecule has 0 radical (unpaired) electrons. The Bertz CT molecular complexity index is 397. The summed E-state index contributed by atoms with van der Waals surface area (Å²) in [4.78, 5) is 14.2. The van der Waals surface area contributed by atoms with E-state index in [2.05, 4.69) is 7.05 Å². The molecule has 0 aromatic heterocycles. The molecule has 2 heterocycles. The molecule has 2 aliphatic rings. The van der Waals surface area contributed by atoms with E-state index in [-0.39, 0.29) is 45.5 Å². The smallest absolute Gasteiger partial charge is 0.231 e. The van der Waals surface area contributed by atoms with Crippen molar-refractivity contribution in [3.63, 3.8) is 0 Å². The number of aliphatic hydroxyl groups is 1. The maximum Gasteiger partial charge on any atom is 0.231 e. The van der Waals surface area contributed by atoms with E-state index in [4.69, 9.17) is 0 Å². The number of likely N-dealkylation sites (tertiary alicyclic amines) is 1. The Labute approximate surface area is 142 Å². The lowest BCUT2D eigenvalue weighted by atomic mass is 10.1. The zero-order chi connectivity index (χ0) is 13.1. The molecule has 6 heteroatoms. The summed E-state index contributed by atoms with van der Waals surface area (Å²) in [6.45, 7) is 4.24. The van der Waals surface area contributed by atoms with Crippen molar-refractivity contribution in [2.45, 2.75) is 38.6 Å². The van der Waals surface area contributed by atoms with Crippen LogP contribution in [0.4, 0.5) is 0 Å². The summed E-state index contributed by atoms with van der Waals surface area (Å²) in [7, 11) is 2.26. The van der Waals surface area contributed by atoms with Crippen LogP contribution in [-0.4, -0.2) is 37.1 Å². The monoisotopic (exact) mass is 410 g/mol. The van der Waals surface area contributed by atoms with E-state index in [1.54, 1.807) is 4.90 Å². The molecule has 0 aromatic carbocycles. The fourth-order valence-corrected chi connectivity index (χ4v) is 3.08. The largest absolute Gasteiger partial charge is 1.00 e. The third kappa shape index (κ3) is 4.41. The maximum absolute atomic E-state index is 11.4. The predicted molar refractivity (Wildman–Crippen MR) is 69.3 cm³/mol. The molecule has 0 saturated carbocycles. The Morgan fingerprint density at radius 2 is 2.10 bits per heavy atom. The van der Waals surface area contributed by atoms with E-state index >= 15 is 0 Å². The first-order chi connectivity index (χ1) is 8.63. The number of carbonyl (C=O) groups is 1. The lowest BCUT2D eigenvalue weighted by molar-refractivity contribution is -0.897. The summed E-state index contributed by atoms with van der Waals surface area (Å²) in [6.07, 6.45) is 7.89. The lowest BCUT2D eigenvalue weighted by Crippen LogP contribution is -3.12. The molecule has 0 amide bonds. The average Bonchev–Trinajstić information content (AvgIpc) is 2.76. The van der Waals surface area contributed by atoms with Crippen molar-refractivity contribution in [2.24, 2.45) is 0 Å². The van der Waals surface area contributed by atoms with Gasteiger partial charge in [-0.15, -0.1) is 0 Å². The second-order valence-electron chi connectivity index (χ2n) is 5.38. The van der Waals surface area contributed by atoms with Crippen LogP contribution in [0.15, 0.2) is 23.7 Å². The number of ketones is 1. The number of halogens is 2. The number of carbonyl (C=O) groups excluding carboxylic acids is 1. The number of rotatable bonds is 4. The van der Waals surface area contributed by atoms with Crippen LogP contribution >= 0.6 is 0 Å². The van der Waals surface area contributed by atoms with Gasteiger partial charge in [-0.05, 0) is 0 Å². The minimum Gasteiger partial charge on any atom is -1.00 e. The molecule has 2 aliphatic heterocycles. The molecule has 4 nitrogen and oxygen atoms in total. The normalized spacial score (nSPS) is 29.1. The molecule has 2 rings (SSSR count).